The SMILES string of the molecule is CCC(CCO)Nc1ccc(N)cc1C#N. The van der Waals surface area contributed by atoms with E-state index in [0.717, 1.165) is 12.1 Å². The Labute approximate surface area is 95.7 Å². The second-order valence-corrected chi connectivity index (χ2v) is 3.68. The van der Waals surface area contributed by atoms with Gasteiger partial charge in [0.05, 0.1) is 11.3 Å². The number of nitrogens with two attached hydrogens (primary N) is 1. The maximum Gasteiger partial charge on any atom is 0.101 e. The van der Waals surface area contributed by atoms with Crippen molar-refractivity contribution in [3.05, 3.63) is 23.8 Å². The van der Waals surface area contributed by atoms with Gasteiger partial charge in [0.2, 0.25) is 0 Å². The third-order valence-electron chi connectivity index (χ3n) is 2.49. The van der Waals surface area contributed by atoms with Crippen molar-refractivity contribution in [2.24, 2.45) is 0 Å². The molecule has 0 aliphatic carbocycles. The van der Waals surface area contributed by atoms with Crippen molar-refractivity contribution in [1.82, 2.24) is 0 Å². The molecular weight excluding hydrogens is 202 g/mol. The summed E-state index contributed by atoms with van der Waals surface area (Å²) in [5, 5.41) is 21.1. The van der Waals surface area contributed by atoms with Gasteiger partial charge in [0.15, 0.2) is 0 Å². The number of nitrogens with zero attached hydrogens (tertiary/aromatic N) is 1. The Balaban J connectivity index is 2.83. The number of rotatable bonds is 5. The third-order valence-corrected chi connectivity index (χ3v) is 2.49. The number of benzene rings is 1. The van der Waals surface area contributed by atoms with Crippen LogP contribution >= 0.6 is 0 Å². The van der Waals surface area contributed by atoms with Crippen LogP contribution in [0.25, 0.3) is 0 Å². The van der Waals surface area contributed by atoms with Crippen molar-refractivity contribution < 1.29 is 5.11 Å². The molecule has 0 saturated carbocycles. The minimum atomic E-state index is 0.141. The van der Waals surface area contributed by atoms with Gasteiger partial charge in [-0.1, -0.05) is 6.92 Å². The highest BCUT2D eigenvalue weighted by Gasteiger charge is 2.08. The Hall–Kier alpha value is -1.73. The van der Waals surface area contributed by atoms with Gasteiger partial charge in [0.25, 0.3) is 0 Å². The van der Waals surface area contributed by atoms with Gasteiger partial charge in [-0.25, -0.2) is 0 Å². The molecule has 0 amide bonds. The molecule has 0 bridgehead atoms. The van der Waals surface area contributed by atoms with Gasteiger partial charge < -0.3 is 16.2 Å². The van der Waals surface area contributed by atoms with E-state index in [0.29, 0.717) is 17.7 Å². The molecule has 0 aromatic heterocycles. The topological polar surface area (TPSA) is 82.1 Å². The summed E-state index contributed by atoms with van der Waals surface area (Å²) in [5.41, 5.74) is 7.50. The summed E-state index contributed by atoms with van der Waals surface area (Å²) in [6.45, 7) is 2.18. The van der Waals surface area contributed by atoms with Crippen LogP contribution in [0.1, 0.15) is 25.3 Å². The standard InChI is InChI=1S/C12H17N3O/c1-2-11(5-6-16)15-12-4-3-10(14)7-9(12)8-13/h3-4,7,11,15-16H,2,5-6,14H2,1H3. The summed E-state index contributed by atoms with van der Waals surface area (Å²) in [4.78, 5) is 0. The molecule has 1 atom stereocenters. The zero-order valence-electron chi connectivity index (χ0n) is 9.40. The van der Waals surface area contributed by atoms with Crippen molar-refractivity contribution in [3.8, 4) is 6.07 Å². The second-order valence-electron chi connectivity index (χ2n) is 3.68. The maximum absolute atomic E-state index is 8.96. The molecule has 0 aliphatic heterocycles. The molecule has 4 heteroatoms. The van der Waals surface area contributed by atoms with Crippen LogP contribution in [-0.4, -0.2) is 17.8 Å². The molecule has 1 aromatic carbocycles. The Bertz CT molecular complexity index is 384. The van der Waals surface area contributed by atoms with Gasteiger partial charge in [-0.15, -0.1) is 0 Å². The third kappa shape index (κ3) is 3.14. The van der Waals surface area contributed by atoms with Gasteiger partial charge in [-0.3, -0.25) is 0 Å². The number of aliphatic hydroxyl groups excluding tert-OH is 1. The highest BCUT2D eigenvalue weighted by atomic mass is 16.3. The number of hydrogen-bond acceptors (Lipinski definition) is 4. The molecule has 1 unspecified atom stereocenters. The number of anilines is 2. The zero-order valence-corrected chi connectivity index (χ0v) is 9.40. The molecule has 0 aliphatic rings. The Morgan fingerprint density at radius 3 is 2.88 bits per heavy atom. The van der Waals surface area contributed by atoms with Gasteiger partial charge in [0.1, 0.15) is 6.07 Å². The maximum atomic E-state index is 8.96. The molecule has 0 saturated heterocycles. The average molecular weight is 219 g/mol. The molecular formula is C12H17N3O. The summed E-state index contributed by atoms with van der Waals surface area (Å²) in [5.74, 6) is 0. The van der Waals surface area contributed by atoms with Gasteiger partial charge in [-0.05, 0) is 31.0 Å². The summed E-state index contributed by atoms with van der Waals surface area (Å²) in [7, 11) is 0. The largest absolute Gasteiger partial charge is 0.399 e. The first-order valence-corrected chi connectivity index (χ1v) is 5.38. The zero-order chi connectivity index (χ0) is 12.0. The molecule has 0 radical (unpaired) electrons. The van der Waals surface area contributed by atoms with E-state index in [1.807, 2.05) is 6.92 Å². The molecule has 0 heterocycles. The predicted molar refractivity (Wildman–Crippen MR) is 65.0 cm³/mol. The molecule has 0 fully saturated rings. The summed E-state index contributed by atoms with van der Waals surface area (Å²) < 4.78 is 0. The molecule has 0 spiro atoms. The molecule has 16 heavy (non-hydrogen) atoms. The predicted octanol–water partition coefficient (Wildman–Crippen LogP) is 1.71. The lowest BCUT2D eigenvalue weighted by Gasteiger charge is -2.18. The number of hydrogen-bond donors (Lipinski definition) is 3. The van der Waals surface area contributed by atoms with Crippen molar-refractivity contribution in [2.45, 2.75) is 25.8 Å². The first kappa shape index (κ1) is 12.3. The lowest BCUT2D eigenvalue weighted by atomic mass is 10.1. The van der Waals surface area contributed by atoms with Crippen molar-refractivity contribution in [1.29, 1.82) is 5.26 Å². The van der Waals surface area contributed by atoms with Crippen LogP contribution in [0.2, 0.25) is 0 Å². The fraction of sp³-hybridized carbons (Fsp3) is 0.417. The summed E-state index contributed by atoms with van der Waals surface area (Å²) >= 11 is 0. The quantitative estimate of drug-likeness (QED) is 0.658. The highest BCUT2D eigenvalue weighted by Crippen LogP contribution is 2.20. The lowest BCUT2D eigenvalue weighted by Crippen LogP contribution is -2.20. The van der Waals surface area contributed by atoms with Crippen LogP contribution < -0.4 is 11.1 Å². The second kappa shape index (κ2) is 5.99. The summed E-state index contributed by atoms with van der Waals surface area (Å²) in [6.07, 6.45) is 1.57. The normalized spacial score (nSPS) is 11.8. The number of aliphatic hydroxyl groups is 1. The number of nitrogen functional groups attached to an aromatic ring is 1. The minimum absolute atomic E-state index is 0.141. The van der Waals surface area contributed by atoms with Crippen LogP contribution in [0, 0.1) is 11.3 Å². The fourth-order valence-corrected chi connectivity index (χ4v) is 1.53. The van der Waals surface area contributed by atoms with Crippen LogP contribution in [0.15, 0.2) is 18.2 Å². The van der Waals surface area contributed by atoms with E-state index >= 15 is 0 Å². The Kier molecular flexibility index (Phi) is 4.62. The van der Waals surface area contributed by atoms with E-state index in [1.165, 1.54) is 0 Å². The van der Waals surface area contributed by atoms with Gasteiger partial charge >= 0.3 is 0 Å². The fourth-order valence-electron chi connectivity index (χ4n) is 1.53. The van der Waals surface area contributed by atoms with E-state index in [2.05, 4.69) is 11.4 Å². The molecule has 86 valence electrons. The molecule has 4 nitrogen and oxygen atoms in total. The van der Waals surface area contributed by atoms with E-state index in [4.69, 9.17) is 16.1 Å². The lowest BCUT2D eigenvalue weighted by molar-refractivity contribution is 0.278. The first-order chi connectivity index (χ1) is 7.71. The van der Waals surface area contributed by atoms with E-state index in [1.54, 1.807) is 18.2 Å². The van der Waals surface area contributed by atoms with Crippen LogP contribution in [0.3, 0.4) is 0 Å². The molecule has 1 aromatic rings. The highest BCUT2D eigenvalue weighted by molar-refractivity contribution is 5.63. The van der Waals surface area contributed by atoms with Crippen molar-refractivity contribution in [2.75, 3.05) is 17.7 Å². The van der Waals surface area contributed by atoms with Crippen molar-refractivity contribution >= 4 is 11.4 Å². The van der Waals surface area contributed by atoms with Crippen LogP contribution in [0.5, 0.6) is 0 Å². The monoisotopic (exact) mass is 219 g/mol. The Morgan fingerprint density at radius 1 is 1.56 bits per heavy atom. The van der Waals surface area contributed by atoms with Crippen LogP contribution in [0.4, 0.5) is 11.4 Å². The number of nitriles is 1. The number of nitrogens with one attached hydrogen (secondary N) is 1. The van der Waals surface area contributed by atoms with Gasteiger partial charge in [0, 0.05) is 18.3 Å². The average Bonchev–Trinajstić information content (AvgIpc) is 2.30. The van der Waals surface area contributed by atoms with Crippen molar-refractivity contribution in [3.63, 3.8) is 0 Å². The first-order valence-electron chi connectivity index (χ1n) is 5.38. The Morgan fingerprint density at radius 2 is 2.31 bits per heavy atom. The smallest absolute Gasteiger partial charge is 0.101 e. The molecule has 4 N–H and O–H groups in total. The van der Waals surface area contributed by atoms with Crippen LogP contribution in [-0.2, 0) is 0 Å². The minimum Gasteiger partial charge on any atom is -0.399 e. The van der Waals surface area contributed by atoms with E-state index in [9.17, 15) is 0 Å². The van der Waals surface area contributed by atoms with E-state index in [-0.39, 0.29) is 12.6 Å². The summed E-state index contributed by atoms with van der Waals surface area (Å²) in [6, 6.07) is 7.49. The van der Waals surface area contributed by atoms with Gasteiger partial charge in [-0.2, -0.15) is 5.26 Å². The van der Waals surface area contributed by atoms with E-state index < -0.39 is 0 Å². The molecule has 1 rings (SSSR count).